The van der Waals surface area contributed by atoms with Gasteiger partial charge in [-0.25, -0.2) is 0 Å². The molecule has 0 amide bonds. The molecule has 0 aliphatic heterocycles. The molecule has 14 heavy (non-hydrogen) atoms. The van der Waals surface area contributed by atoms with Gasteiger partial charge in [0.2, 0.25) is 0 Å². The lowest BCUT2D eigenvalue weighted by Crippen LogP contribution is -1.96. The van der Waals surface area contributed by atoms with Crippen LogP contribution in [-0.4, -0.2) is 14.8 Å². The van der Waals surface area contributed by atoms with Crippen LogP contribution in [0.2, 0.25) is 0 Å². The highest BCUT2D eigenvalue weighted by molar-refractivity contribution is 9.10. The molecule has 0 bridgehead atoms. The van der Waals surface area contributed by atoms with E-state index in [0.29, 0.717) is 5.82 Å². The predicted molar refractivity (Wildman–Crippen MR) is 58.6 cm³/mol. The van der Waals surface area contributed by atoms with E-state index in [1.54, 1.807) is 24.0 Å². The minimum absolute atomic E-state index is 0.623. The van der Waals surface area contributed by atoms with Gasteiger partial charge in [0.05, 0.1) is 0 Å². The van der Waals surface area contributed by atoms with Crippen LogP contribution in [0.15, 0.2) is 28.9 Å². The second-order valence-corrected chi connectivity index (χ2v) is 3.77. The Morgan fingerprint density at radius 1 is 1.50 bits per heavy atom. The van der Waals surface area contributed by atoms with Gasteiger partial charge in [-0.1, -0.05) is 0 Å². The van der Waals surface area contributed by atoms with Crippen LogP contribution < -0.4 is 5.73 Å². The van der Waals surface area contributed by atoms with Crippen molar-refractivity contribution in [3.63, 3.8) is 0 Å². The van der Waals surface area contributed by atoms with Crippen molar-refractivity contribution in [2.45, 2.75) is 0 Å². The van der Waals surface area contributed by atoms with Crippen molar-refractivity contribution < 1.29 is 0 Å². The van der Waals surface area contributed by atoms with Crippen LogP contribution in [0, 0.1) is 0 Å². The number of anilines is 1. The van der Waals surface area contributed by atoms with Crippen LogP contribution >= 0.6 is 15.9 Å². The maximum Gasteiger partial charge on any atom is 0.122 e. The fourth-order valence-corrected chi connectivity index (χ4v) is 1.63. The van der Waals surface area contributed by atoms with Gasteiger partial charge in [0.25, 0.3) is 0 Å². The Balaban J connectivity index is 2.55. The Kier molecular flexibility index (Phi) is 2.25. The maximum absolute atomic E-state index is 5.69. The highest BCUT2D eigenvalue weighted by atomic mass is 79.9. The summed E-state index contributed by atoms with van der Waals surface area (Å²) in [5.74, 6) is 0.623. The summed E-state index contributed by atoms with van der Waals surface area (Å²) in [6.07, 6.45) is 1.73. The zero-order valence-electron chi connectivity index (χ0n) is 7.61. The van der Waals surface area contributed by atoms with Crippen molar-refractivity contribution in [3.05, 3.63) is 28.9 Å². The molecule has 4 nitrogen and oxygen atoms in total. The Morgan fingerprint density at radius 2 is 2.29 bits per heavy atom. The molecule has 2 rings (SSSR count). The number of aromatic nitrogens is 3. The van der Waals surface area contributed by atoms with Crippen molar-refractivity contribution in [2.24, 2.45) is 7.05 Å². The molecule has 72 valence electrons. The van der Waals surface area contributed by atoms with Gasteiger partial charge in [0.1, 0.15) is 17.2 Å². The number of rotatable bonds is 1. The van der Waals surface area contributed by atoms with E-state index in [1.807, 2.05) is 12.1 Å². The van der Waals surface area contributed by atoms with Gasteiger partial charge in [-0.3, -0.25) is 9.67 Å². The van der Waals surface area contributed by atoms with Gasteiger partial charge in [-0.05, 0) is 28.1 Å². The molecule has 2 heterocycles. The van der Waals surface area contributed by atoms with Crippen LogP contribution in [-0.2, 0) is 7.05 Å². The van der Waals surface area contributed by atoms with E-state index in [4.69, 9.17) is 5.73 Å². The average molecular weight is 253 g/mol. The molecule has 0 saturated heterocycles. The SMILES string of the molecule is Cn1nc(-c2ncccc2Br)cc1N. The lowest BCUT2D eigenvalue weighted by atomic mass is 10.3. The third-order valence-electron chi connectivity index (χ3n) is 1.92. The summed E-state index contributed by atoms with van der Waals surface area (Å²) >= 11 is 3.41. The quantitative estimate of drug-likeness (QED) is 0.843. The summed E-state index contributed by atoms with van der Waals surface area (Å²) in [5, 5.41) is 4.24. The molecule has 0 aromatic carbocycles. The summed E-state index contributed by atoms with van der Waals surface area (Å²) in [7, 11) is 1.80. The Labute approximate surface area is 89.9 Å². The molecule has 0 aliphatic rings. The fourth-order valence-electron chi connectivity index (χ4n) is 1.17. The molecule has 2 aromatic heterocycles. The zero-order chi connectivity index (χ0) is 10.1. The first-order valence-corrected chi connectivity index (χ1v) is 4.88. The maximum atomic E-state index is 5.69. The number of halogens is 1. The summed E-state index contributed by atoms with van der Waals surface area (Å²) < 4.78 is 2.54. The minimum atomic E-state index is 0.623. The second-order valence-electron chi connectivity index (χ2n) is 2.91. The Bertz CT molecular complexity index is 444. The standard InChI is InChI=1S/C9H9BrN4/c1-14-8(11)5-7(13-14)9-6(10)3-2-4-12-9/h2-5H,11H2,1H3. The highest BCUT2D eigenvalue weighted by Gasteiger charge is 2.08. The number of pyridine rings is 1. The molecular formula is C9H9BrN4. The zero-order valence-corrected chi connectivity index (χ0v) is 9.19. The number of hydrogen-bond donors (Lipinski definition) is 1. The molecule has 0 spiro atoms. The normalized spacial score (nSPS) is 10.4. The van der Waals surface area contributed by atoms with E-state index < -0.39 is 0 Å². The van der Waals surface area contributed by atoms with Gasteiger partial charge >= 0.3 is 0 Å². The van der Waals surface area contributed by atoms with Crippen LogP contribution in [0.3, 0.4) is 0 Å². The first kappa shape index (κ1) is 9.21. The molecule has 0 atom stereocenters. The minimum Gasteiger partial charge on any atom is -0.384 e. The third kappa shape index (κ3) is 1.50. The Morgan fingerprint density at radius 3 is 2.86 bits per heavy atom. The Hall–Kier alpha value is -1.36. The van der Waals surface area contributed by atoms with E-state index in [1.165, 1.54) is 0 Å². The van der Waals surface area contributed by atoms with Gasteiger partial charge < -0.3 is 5.73 Å². The molecule has 0 fully saturated rings. The lowest BCUT2D eigenvalue weighted by molar-refractivity contribution is 0.781. The largest absolute Gasteiger partial charge is 0.384 e. The summed E-state index contributed by atoms with van der Waals surface area (Å²) in [6, 6.07) is 5.58. The van der Waals surface area contributed by atoms with E-state index in [0.717, 1.165) is 15.9 Å². The lowest BCUT2D eigenvalue weighted by Gasteiger charge is -1.97. The number of nitrogens with zero attached hydrogens (tertiary/aromatic N) is 3. The van der Waals surface area contributed by atoms with Crippen LogP contribution in [0.4, 0.5) is 5.82 Å². The van der Waals surface area contributed by atoms with E-state index in [-0.39, 0.29) is 0 Å². The highest BCUT2D eigenvalue weighted by Crippen LogP contribution is 2.25. The van der Waals surface area contributed by atoms with Crippen LogP contribution in [0.25, 0.3) is 11.4 Å². The van der Waals surface area contributed by atoms with Gasteiger partial charge in [0, 0.05) is 23.8 Å². The van der Waals surface area contributed by atoms with Gasteiger partial charge in [-0.15, -0.1) is 0 Å². The molecule has 0 unspecified atom stereocenters. The fraction of sp³-hybridized carbons (Fsp3) is 0.111. The number of nitrogen functional groups attached to an aromatic ring is 1. The summed E-state index contributed by atoms with van der Waals surface area (Å²) in [6.45, 7) is 0. The first-order valence-electron chi connectivity index (χ1n) is 4.09. The molecular weight excluding hydrogens is 244 g/mol. The molecule has 0 radical (unpaired) electrons. The van der Waals surface area contributed by atoms with Crippen LogP contribution in [0.5, 0.6) is 0 Å². The molecule has 2 N–H and O–H groups in total. The summed E-state index contributed by atoms with van der Waals surface area (Å²) in [5.41, 5.74) is 7.27. The summed E-state index contributed by atoms with van der Waals surface area (Å²) in [4.78, 5) is 4.22. The van der Waals surface area contributed by atoms with Gasteiger partial charge in [0.15, 0.2) is 0 Å². The van der Waals surface area contributed by atoms with Crippen molar-refractivity contribution in [2.75, 3.05) is 5.73 Å². The molecule has 0 aliphatic carbocycles. The van der Waals surface area contributed by atoms with Crippen molar-refractivity contribution in [3.8, 4) is 11.4 Å². The predicted octanol–water partition coefficient (Wildman–Crippen LogP) is 1.83. The van der Waals surface area contributed by atoms with E-state index >= 15 is 0 Å². The van der Waals surface area contributed by atoms with Crippen LogP contribution in [0.1, 0.15) is 0 Å². The molecule has 5 heteroatoms. The van der Waals surface area contributed by atoms with Crippen molar-refractivity contribution in [1.82, 2.24) is 14.8 Å². The number of nitrogens with two attached hydrogens (primary N) is 1. The topological polar surface area (TPSA) is 56.7 Å². The number of aryl methyl sites for hydroxylation is 1. The molecule has 0 saturated carbocycles. The van der Waals surface area contributed by atoms with Gasteiger partial charge in [-0.2, -0.15) is 5.10 Å². The average Bonchev–Trinajstić information content (AvgIpc) is 2.48. The van der Waals surface area contributed by atoms with E-state index in [9.17, 15) is 0 Å². The monoisotopic (exact) mass is 252 g/mol. The van der Waals surface area contributed by atoms with Crippen molar-refractivity contribution in [1.29, 1.82) is 0 Å². The van der Waals surface area contributed by atoms with E-state index in [2.05, 4.69) is 26.0 Å². The second kappa shape index (κ2) is 3.42. The van der Waals surface area contributed by atoms with Crippen molar-refractivity contribution >= 4 is 21.7 Å². The number of hydrogen-bond acceptors (Lipinski definition) is 3. The molecule has 2 aromatic rings. The smallest absolute Gasteiger partial charge is 0.122 e. The first-order chi connectivity index (χ1) is 6.68. The third-order valence-corrected chi connectivity index (χ3v) is 2.56.